The number of benzene rings is 1. The zero-order chi connectivity index (χ0) is 14.5. The monoisotopic (exact) mass is 285 g/mol. The van der Waals surface area contributed by atoms with Crippen molar-refractivity contribution in [1.29, 1.82) is 0 Å². The summed E-state index contributed by atoms with van der Waals surface area (Å²) in [6, 6.07) is 4.69. The zero-order valence-electron chi connectivity index (χ0n) is 11.7. The molecule has 2 rings (SSSR count). The van der Waals surface area contributed by atoms with E-state index in [1.165, 1.54) is 12.1 Å². The molecule has 4 heteroatoms. The fourth-order valence-electron chi connectivity index (χ4n) is 2.49. The van der Waals surface area contributed by atoms with Gasteiger partial charge in [-0.1, -0.05) is 31.5 Å². The average Bonchev–Trinajstić information content (AvgIpc) is 2.44. The maximum atomic E-state index is 13.5. The first-order valence-electron chi connectivity index (χ1n) is 6.73. The third-order valence-corrected chi connectivity index (χ3v) is 3.91. The summed E-state index contributed by atoms with van der Waals surface area (Å²) < 4.78 is 13.5. The Labute approximate surface area is 119 Å². The second-order valence-electron chi connectivity index (χ2n) is 4.52. The normalized spacial score (nSPS) is 17.3. The van der Waals surface area contributed by atoms with Gasteiger partial charge in [0.2, 0.25) is 0 Å². The van der Waals surface area contributed by atoms with Crippen LogP contribution in [0.25, 0.3) is 0 Å². The number of rotatable bonds is 2. The SMILES string of the molecule is CC.CC(=O)C1(c2ccc(Cl)c(F)c2)CCNCC1. The lowest BCUT2D eigenvalue weighted by atomic mass is 9.70. The molecule has 1 aromatic carbocycles. The number of carbonyl (C=O) groups excluding carboxylic acids is 1. The van der Waals surface area contributed by atoms with Crippen LogP contribution < -0.4 is 5.32 Å². The van der Waals surface area contributed by atoms with E-state index in [1.807, 2.05) is 13.8 Å². The Morgan fingerprint density at radius 2 is 1.89 bits per heavy atom. The van der Waals surface area contributed by atoms with Gasteiger partial charge >= 0.3 is 0 Å². The van der Waals surface area contributed by atoms with Crippen LogP contribution in [0.5, 0.6) is 0 Å². The third kappa shape index (κ3) is 3.34. The summed E-state index contributed by atoms with van der Waals surface area (Å²) in [5.74, 6) is -0.357. The van der Waals surface area contributed by atoms with Gasteiger partial charge in [-0.15, -0.1) is 0 Å². The highest BCUT2D eigenvalue weighted by Crippen LogP contribution is 2.35. The van der Waals surface area contributed by atoms with Crippen LogP contribution in [-0.4, -0.2) is 18.9 Å². The predicted molar refractivity (Wildman–Crippen MR) is 77.2 cm³/mol. The largest absolute Gasteiger partial charge is 0.317 e. The van der Waals surface area contributed by atoms with Gasteiger partial charge in [0.25, 0.3) is 0 Å². The summed E-state index contributed by atoms with van der Waals surface area (Å²) >= 11 is 5.67. The van der Waals surface area contributed by atoms with Crippen molar-refractivity contribution < 1.29 is 9.18 Å². The number of Topliss-reactive ketones (excluding diaryl/α,β-unsaturated/α-hetero) is 1. The number of ketones is 1. The van der Waals surface area contributed by atoms with Gasteiger partial charge in [0.1, 0.15) is 11.6 Å². The molecule has 0 saturated carbocycles. The highest BCUT2D eigenvalue weighted by molar-refractivity contribution is 6.30. The second-order valence-corrected chi connectivity index (χ2v) is 4.92. The Bertz CT molecular complexity index is 442. The summed E-state index contributed by atoms with van der Waals surface area (Å²) in [6.07, 6.45) is 1.42. The van der Waals surface area contributed by atoms with E-state index in [0.29, 0.717) is 12.8 Å². The van der Waals surface area contributed by atoms with Crippen molar-refractivity contribution in [2.24, 2.45) is 0 Å². The first-order valence-corrected chi connectivity index (χ1v) is 7.11. The van der Waals surface area contributed by atoms with E-state index in [9.17, 15) is 9.18 Å². The van der Waals surface area contributed by atoms with Crippen molar-refractivity contribution in [2.45, 2.75) is 39.0 Å². The van der Waals surface area contributed by atoms with Crippen LogP contribution >= 0.6 is 11.6 Å². The summed E-state index contributed by atoms with van der Waals surface area (Å²) in [5.41, 5.74) is 0.199. The van der Waals surface area contributed by atoms with Gasteiger partial charge in [0, 0.05) is 0 Å². The van der Waals surface area contributed by atoms with Crippen molar-refractivity contribution in [3.05, 3.63) is 34.6 Å². The number of piperidine rings is 1. The number of hydrogen-bond donors (Lipinski definition) is 1. The van der Waals surface area contributed by atoms with E-state index >= 15 is 0 Å². The van der Waals surface area contributed by atoms with Gasteiger partial charge < -0.3 is 5.32 Å². The molecule has 1 fully saturated rings. The molecule has 0 amide bonds. The fourth-order valence-corrected chi connectivity index (χ4v) is 2.61. The standard InChI is InChI=1S/C13H15ClFNO.C2H6/c1-9(17)13(4-6-16-7-5-13)10-2-3-11(14)12(15)8-10;1-2/h2-3,8,16H,4-7H2,1H3;1-2H3. The fraction of sp³-hybridized carbons (Fsp3) is 0.533. The number of halogens is 2. The van der Waals surface area contributed by atoms with E-state index < -0.39 is 11.2 Å². The van der Waals surface area contributed by atoms with Crippen molar-refractivity contribution in [2.75, 3.05) is 13.1 Å². The molecule has 0 aliphatic carbocycles. The van der Waals surface area contributed by atoms with Gasteiger partial charge in [-0.05, 0) is 50.6 Å². The summed E-state index contributed by atoms with van der Waals surface area (Å²) in [7, 11) is 0. The molecule has 1 aromatic rings. The Balaban J connectivity index is 0.000000861. The number of carbonyl (C=O) groups is 1. The smallest absolute Gasteiger partial charge is 0.142 e. The average molecular weight is 286 g/mol. The van der Waals surface area contributed by atoms with Crippen LogP contribution in [0.3, 0.4) is 0 Å². The van der Waals surface area contributed by atoms with E-state index in [2.05, 4.69) is 5.32 Å². The van der Waals surface area contributed by atoms with Crippen LogP contribution in [0.1, 0.15) is 39.2 Å². The Morgan fingerprint density at radius 3 is 2.37 bits per heavy atom. The molecule has 0 bridgehead atoms. The molecular weight excluding hydrogens is 265 g/mol. The highest BCUT2D eigenvalue weighted by atomic mass is 35.5. The van der Waals surface area contributed by atoms with Crippen LogP contribution in [-0.2, 0) is 10.2 Å². The van der Waals surface area contributed by atoms with Crippen molar-refractivity contribution >= 4 is 17.4 Å². The van der Waals surface area contributed by atoms with Gasteiger partial charge in [-0.25, -0.2) is 4.39 Å². The third-order valence-electron chi connectivity index (χ3n) is 3.60. The quantitative estimate of drug-likeness (QED) is 0.897. The number of nitrogens with one attached hydrogen (secondary N) is 1. The number of hydrogen-bond acceptors (Lipinski definition) is 2. The second kappa shape index (κ2) is 7.01. The highest BCUT2D eigenvalue weighted by Gasteiger charge is 2.38. The molecule has 0 aromatic heterocycles. The molecule has 1 N–H and O–H groups in total. The van der Waals surface area contributed by atoms with Gasteiger partial charge in [-0.3, -0.25) is 4.79 Å². The topological polar surface area (TPSA) is 29.1 Å². The Morgan fingerprint density at radius 1 is 1.32 bits per heavy atom. The summed E-state index contributed by atoms with van der Waals surface area (Å²) in [4.78, 5) is 11.9. The molecule has 0 spiro atoms. The van der Waals surface area contributed by atoms with E-state index in [1.54, 1.807) is 13.0 Å². The predicted octanol–water partition coefficient (Wildman–Crippen LogP) is 3.72. The van der Waals surface area contributed by atoms with Crippen LogP contribution in [0.15, 0.2) is 18.2 Å². The van der Waals surface area contributed by atoms with E-state index in [-0.39, 0.29) is 10.8 Å². The van der Waals surface area contributed by atoms with Gasteiger partial charge in [0.05, 0.1) is 10.4 Å². The molecule has 1 heterocycles. The first-order chi connectivity index (χ1) is 9.06. The molecular formula is C15H21ClFNO. The molecule has 1 saturated heterocycles. The van der Waals surface area contributed by atoms with Crippen molar-refractivity contribution in [1.82, 2.24) is 5.32 Å². The van der Waals surface area contributed by atoms with Crippen LogP contribution in [0.4, 0.5) is 4.39 Å². The molecule has 0 atom stereocenters. The van der Waals surface area contributed by atoms with Crippen molar-refractivity contribution in [3.8, 4) is 0 Å². The molecule has 19 heavy (non-hydrogen) atoms. The molecule has 0 unspecified atom stereocenters. The lowest BCUT2D eigenvalue weighted by molar-refractivity contribution is -0.123. The molecule has 106 valence electrons. The van der Waals surface area contributed by atoms with Crippen LogP contribution in [0.2, 0.25) is 5.02 Å². The minimum absolute atomic E-state index is 0.0979. The lowest BCUT2D eigenvalue weighted by Crippen LogP contribution is -2.44. The van der Waals surface area contributed by atoms with Gasteiger partial charge in [-0.2, -0.15) is 0 Å². The Kier molecular flexibility index (Phi) is 5.95. The summed E-state index contributed by atoms with van der Waals surface area (Å²) in [5, 5.41) is 3.32. The molecule has 0 radical (unpaired) electrons. The lowest BCUT2D eigenvalue weighted by Gasteiger charge is -2.36. The summed E-state index contributed by atoms with van der Waals surface area (Å²) in [6.45, 7) is 7.14. The Hall–Kier alpha value is -0.930. The van der Waals surface area contributed by atoms with Crippen molar-refractivity contribution in [3.63, 3.8) is 0 Å². The van der Waals surface area contributed by atoms with E-state index in [0.717, 1.165) is 18.7 Å². The van der Waals surface area contributed by atoms with E-state index in [4.69, 9.17) is 11.6 Å². The molecule has 2 nitrogen and oxygen atoms in total. The maximum absolute atomic E-state index is 13.5. The first kappa shape index (κ1) is 16.1. The zero-order valence-corrected chi connectivity index (χ0v) is 12.5. The van der Waals surface area contributed by atoms with Crippen LogP contribution in [0, 0.1) is 5.82 Å². The minimum atomic E-state index is -0.545. The molecule has 1 aliphatic heterocycles. The molecule has 1 aliphatic rings. The minimum Gasteiger partial charge on any atom is -0.317 e. The van der Waals surface area contributed by atoms with Gasteiger partial charge in [0.15, 0.2) is 0 Å². The maximum Gasteiger partial charge on any atom is 0.142 e.